The zero-order valence-electron chi connectivity index (χ0n) is 25.2. The zero-order chi connectivity index (χ0) is 30.9. The van der Waals surface area contributed by atoms with E-state index in [1.54, 1.807) is 31.5 Å². The van der Waals surface area contributed by atoms with E-state index in [0.29, 0.717) is 46.2 Å². The molecule has 4 saturated heterocycles. The number of fused-ring (bicyclic) bond motifs is 5. The van der Waals surface area contributed by atoms with Crippen molar-refractivity contribution < 1.29 is 18.3 Å². The fourth-order valence-electron chi connectivity index (χ4n) is 8.00. The van der Waals surface area contributed by atoms with Gasteiger partial charge in [0.15, 0.2) is 5.82 Å². The van der Waals surface area contributed by atoms with Crippen molar-refractivity contribution in [3.8, 4) is 29.6 Å². The Labute approximate surface area is 260 Å². The first kappa shape index (κ1) is 28.3. The van der Waals surface area contributed by atoms with E-state index in [2.05, 4.69) is 37.6 Å². The Bertz CT molecular complexity index is 1900. The van der Waals surface area contributed by atoms with Crippen LogP contribution >= 0.6 is 0 Å². The number of halogens is 2. The molecule has 2 bridgehead atoms. The van der Waals surface area contributed by atoms with Gasteiger partial charge in [0.2, 0.25) is 0 Å². The van der Waals surface area contributed by atoms with Crippen molar-refractivity contribution >= 4 is 27.5 Å². The van der Waals surface area contributed by atoms with Gasteiger partial charge in [0.25, 0.3) is 0 Å². The Morgan fingerprint density at radius 2 is 1.96 bits per heavy atom. The van der Waals surface area contributed by atoms with Crippen LogP contribution in [-0.2, 0) is 4.74 Å². The Balaban J connectivity index is 1.25. The highest BCUT2D eigenvalue weighted by molar-refractivity contribution is 6.02. The van der Waals surface area contributed by atoms with E-state index in [0.717, 1.165) is 57.4 Å². The lowest BCUT2D eigenvalue weighted by Crippen LogP contribution is -2.51. The Kier molecular flexibility index (Phi) is 6.75. The van der Waals surface area contributed by atoms with Gasteiger partial charge in [0.05, 0.1) is 22.6 Å². The summed E-state index contributed by atoms with van der Waals surface area (Å²) in [6, 6.07) is 9.06. The first-order chi connectivity index (χ1) is 21.9. The van der Waals surface area contributed by atoms with Crippen LogP contribution in [0.4, 0.5) is 14.6 Å². The monoisotopic (exact) mass is 608 g/mol. The third-order valence-corrected chi connectivity index (χ3v) is 10.1. The Morgan fingerprint density at radius 1 is 1.13 bits per heavy atom. The second-order valence-corrected chi connectivity index (χ2v) is 12.9. The number of pyridine rings is 1. The van der Waals surface area contributed by atoms with Gasteiger partial charge in [-0.15, -0.1) is 6.42 Å². The normalized spacial score (nSPS) is 26.1. The second-order valence-electron chi connectivity index (χ2n) is 12.9. The largest absolute Gasteiger partial charge is 0.461 e. The molecule has 4 atom stereocenters. The molecule has 1 N–H and O–H groups in total. The van der Waals surface area contributed by atoms with Crippen molar-refractivity contribution in [2.24, 2.45) is 0 Å². The number of ether oxygens (including phenoxy) is 2. The molecule has 0 spiro atoms. The summed E-state index contributed by atoms with van der Waals surface area (Å²) in [6.45, 7) is 7.66. The second kappa shape index (κ2) is 10.7. The van der Waals surface area contributed by atoms with E-state index in [1.807, 2.05) is 6.07 Å². The summed E-state index contributed by atoms with van der Waals surface area (Å²) in [5, 5.41) is 5.28. The lowest BCUT2D eigenvalue weighted by atomic mass is 9.93. The molecule has 6 heterocycles. The quantitative estimate of drug-likeness (QED) is 0.246. The Hall–Kier alpha value is -4.17. The number of nitrogens with zero attached hydrogens (tertiary/aromatic N) is 5. The van der Waals surface area contributed by atoms with Gasteiger partial charge < -0.3 is 19.7 Å². The topological polar surface area (TPSA) is 75.6 Å². The predicted octanol–water partition coefficient (Wildman–Crippen LogP) is 4.84. The lowest BCUT2D eigenvalue weighted by molar-refractivity contribution is 0.101. The van der Waals surface area contributed by atoms with Crippen LogP contribution in [0.1, 0.15) is 31.2 Å². The van der Waals surface area contributed by atoms with Crippen LogP contribution < -0.4 is 15.0 Å². The van der Waals surface area contributed by atoms with Gasteiger partial charge >= 0.3 is 6.01 Å². The number of methoxy groups -OCH3 is 1. The average Bonchev–Trinajstić information content (AvgIpc) is 3.67. The molecule has 4 aromatic rings. The van der Waals surface area contributed by atoms with E-state index in [4.69, 9.17) is 20.9 Å². The van der Waals surface area contributed by atoms with Crippen LogP contribution in [-0.4, -0.2) is 83.5 Å². The summed E-state index contributed by atoms with van der Waals surface area (Å²) in [5.41, 5.74) is 1.50. The molecular formula is C35H34F2N6O2. The first-order valence-corrected chi connectivity index (χ1v) is 15.5. The molecule has 230 valence electrons. The van der Waals surface area contributed by atoms with Crippen molar-refractivity contribution in [2.45, 2.75) is 49.4 Å². The minimum atomic E-state index is -0.631. The molecule has 0 unspecified atom stereocenters. The number of benzene rings is 2. The van der Waals surface area contributed by atoms with Crippen LogP contribution in [0.5, 0.6) is 6.01 Å². The zero-order valence-corrected chi connectivity index (χ0v) is 25.2. The van der Waals surface area contributed by atoms with E-state index in [-0.39, 0.29) is 34.4 Å². The van der Waals surface area contributed by atoms with Crippen LogP contribution in [0.25, 0.3) is 32.9 Å². The van der Waals surface area contributed by atoms with Crippen molar-refractivity contribution in [3.63, 3.8) is 0 Å². The standard InChI is InChI=1S/C35H34F2N6O2/c1-4-25-28(36)11-8-21-6-5-7-26(29(21)25)31-30(37)32-27(14-38-31)33(42-16-22-9-10-23(17-42)39-22)41-34(40-32)45-19-35-12-20(2)15-43(35)18-24(13-35)44-3/h1,5-8,11,14,22-24,39H,2,9-10,12-13,15-19H2,3H3/t22-,23+,24-,35+/m1/s1. The summed E-state index contributed by atoms with van der Waals surface area (Å²) in [4.78, 5) is 18.7. The highest BCUT2D eigenvalue weighted by atomic mass is 19.1. The van der Waals surface area contributed by atoms with Crippen molar-refractivity contribution in [2.75, 3.05) is 44.8 Å². The molecule has 0 aliphatic carbocycles. The molecule has 45 heavy (non-hydrogen) atoms. The molecule has 0 radical (unpaired) electrons. The highest BCUT2D eigenvalue weighted by Crippen LogP contribution is 2.43. The number of hydrogen-bond acceptors (Lipinski definition) is 8. The molecule has 0 amide bonds. The fraction of sp³-hybridized carbons (Fsp3) is 0.400. The third-order valence-electron chi connectivity index (χ3n) is 10.1. The van der Waals surface area contributed by atoms with Crippen molar-refractivity contribution in [1.29, 1.82) is 0 Å². The van der Waals surface area contributed by atoms with Crippen LogP contribution in [0, 0.1) is 24.0 Å². The van der Waals surface area contributed by atoms with Crippen molar-refractivity contribution in [3.05, 3.63) is 65.9 Å². The molecule has 4 aliphatic rings. The Morgan fingerprint density at radius 3 is 2.73 bits per heavy atom. The molecule has 8 nitrogen and oxygen atoms in total. The van der Waals surface area contributed by atoms with Gasteiger partial charge in [-0.05, 0) is 37.1 Å². The maximum absolute atomic E-state index is 16.8. The number of aromatic nitrogens is 3. The van der Waals surface area contributed by atoms with Gasteiger partial charge in [0.1, 0.15) is 29.5 Å². The molecular weight excluding hydrogens is 574 g/mol. The van der Waals surface area contributed by atoms with Crippen LogP contribution in [0.3, 0.4) is 0 Å². The highest BCUT2D eigenvalue weighted by Gasteiger charge is 2.50. The van der Waals surface area contributed by atoms with E-state index < -0.39 is 11.6 Å². The molecule has 10 heteroatoms. The van der Waals surface area contributed by atoms with Gasteiger partial charge in [-0.1, -0.05) is 42.3 Å². The SMILES string of the molecule is C#Cc1c(F)ccc2cccc(-c3ncc4c(N5C[C@H]6CC[C@@H](C5)N6)nc(OC[C@@]56CC(=C)CN5C[C@H](OC)C6)nc4c3F)c12. The molecule has 4 fully saturated rings. The summed E-state index contributed by atoms with van der Waals surface area (Å²) in [5.74, 6) is 1.88. The van der Waals surface area contributed by atoms with E-state index in [1.165, 1.54) is 6.07 Å². The van der Waals surface area contributed by atoms with Gasteiger partial charge in [-0.2, -0.15) is 9.97 Å². The van der Waals surface area contributed by atoms with Crippen LogP contribution in [0.2, 0.25) is 0 Å². The number of hydrogen-bond donors (Lipinski definition) is 1. The van der Waals surface area contributed by atoms with E-state index in [9.17, 15) is 4.39 Å². The average molecular weight is 609 g/mol. The fourth-order valence-corrected chi connectivity index (χ4v) is 8.00. The van der Waals surface area contributed by atoms with Crippen molar-refractivity contribution in [1.82, 2.24) is 25.2 Å². The lowest BCUT2D eigenvalue weighted by Gasteiger charge is -2.34. The third kappa shape index (κ3) is 4.64. The molecule has 8 rings (SSSR count). The number of anilines is 1. The molecule has 2 aromatic heterocycles. The van der Waals surface area contributed by atoms with Crippen LogP contribution in [0.15, 0.2) is 48.7 Å². The molecule has 4 aliphatic heterocycles. The first-order valence-electron chi connectivity index (χ1n) is 15.5. The van der Waals surface area contributed by atoms with Gasteiger partial charge in [0, 0.05) is 62.5 Å². The maximum Gasteiger partial charge on any atom is 0.319 e. The number of piperazine rings is 1. The predicted molar refractivity (Wildman–Crippen MR) is 169 cm³/mol. The molecule has 2 aromatic carbocycles. The summed E-state index contributed by atoms with van der Waals surface area (Å²) in [7, 11) is 1.74. The number of terminal acetylenes is 1. The van der Waals surface area contributed by atoms with Gasteiger partial charge in [-0.3, -0.25) is 9.88 Å². The summed E-state index contributed by atoms with van der Waals surface area (Å²) in [6.07, 6.45) is 11.2. The number of rotatable bonds is 6. The van der Waals surface area contributed by atoms with Gasteiger partial charge in [-0.25, -0.2) is 8.78 Å². The van der Waals surface area contributed by atoms with E-state index >= 15 is 4.39 Å². The minimum absolute atomic E-state index is 0.0433. The number of nitrogens with one attached hydrogen (secondary N) is 1. The maximum atomic E-state index is 16.8. The summed E-state index contributed by atoms with van der Waals surface area (Å²) >= 11 is 0. The summed E-state index contributed by atoms with van der Waals surface area (Å²) < 4.78 is 43.7. The molecule has 0 saturated carbocycles. The minimum Gasteiger partial charge on any atom is -0.461 e. The smallest absolute Gasteiger partial charge is 0.319 e.